The van der Waals surface area contributed by atoms with Gasteiger partial charge in [0.25, 0.3) is 5.78 Å². The Bertz CT molecular complexity index is 521. The maximum absolute atomic E-state index is 12.6. The van der Waals surface area contributed by atoms with Crippen LogP contribution in [0.3, 0.4) is 0 Å². The molecular weight excluding hydrogens is 399 g/mol. The normalized spacial score (nSPS) is 14.9. The quantitative estimate of drug-likeness (QED) is 0.199. The molecular formula is C22H34Cl2O4. The summed E-state index contributed by atoms with van der Waals surface area (Å²) >= 11 is 12.0. The number of allylic oxidation sites excluding steroid dienone is 2. The van der Waals surface area contributed by atoms with E-state index in [-0.39, 0.29) is 21.6 Å². The van der Waals surface area contributed by atoms with Crippen molar-refractivity contribution in [1.82, 2.24) is 0 Å². The van der Waals surface area contributed by atoms with Crippen LogP contribution in [0.2, 0.25) is 0 Å². The minimum absolute atomic E-state index is 0.137. The van der Waals surface area contributed by atoms with Gasteiger partial charge in [0.05, 0.1) is 13.2 Å². The molecule has 28 heavy (non-hydrogen) atoms. The van der Waals surface area contributed by atoms with Gasteiger partial charge in [0.15, 0.2) is 11.5 Å². The minimum Gasteiger partial charge on any atom is -0.488 e. The van der Waals surface area contributed by atoms with Crippen LogP contribution in [0.15, 0.2) is 21.6 Å². The third-order valence-electron chi connectivity index (χ3n) is 4.70. The van der Waals surface area contributed by atoms with E-state index in [1.807, 2.05) is 0 Å². The zero-order chi connectivity index (χ0) is 20.8. The van der Waals surface area contributed by atoms with E-state index in [0.29, 0.717) is 13.2 Å². The molecule has 6 heteroatoms. The number of carbonyl (C=O) groups is 2. The molecule has 0 saturated carbocycles. The highest BCUT2D eigenvalue weighted by Crippen LogP contribution is 2.31. The Labute approximate surface area is 179 Å². The Hall–Kier alpha value is -1.00. The van der Waals surface area contributed by atoms with Crippen molar-refractivity contribution in [1.29, 1.82) is 0 Å². The van der Waals surface area contributed by atoms with E-state index in [2.05, 4.69) is 13.8 Å². The molecule has 1 aliphatic rings. The molecule has 0 fully saturated rings. The predicted molar refractivity (Wildman–Crippen MR) is 114 cm³/mol. The lowest BCUT2D eigenvalue weighted by molar-refractivity contribution is -0.121. The van der Waals surface area contributed by atoms with Crippen LogP contribution < -0.4 is 0 Å². The zero-order valence-corrected chi connectivity index (χ0v) is 18.8. The van der Waals surface area contributed by atoms with E-state index in [1.54, 1.807) is 0 Å². The number of hydrogen-bond acceptors (Lipinski definition) is 4. The van der Waals surface area contributed by atoms with Crippen LogP contribution in [0.1, 0.15) is 90.9 Å². The Kier molecular flexibility index (Phi) is 13.3. The van der Waals surface area contributed by atoms with Crippen molar-refractivity contribution in [3.05, 3.63) is 21.6 Å². The number of ether oxygens (including phenoxy) is 2. The van der Waals surface area contributed by atoms with E-state index in [9.17, 15) is 9.59 Å². The highest BCUT2D eigenvalue weighted by Gasteiger charge is 2.36. The SMILES string of the molecule is CCCCCCCCOC1=C(Cl)C(=O)C(Cl)=C(OCCCCCCCC)C1=O. The van der Waals surface area contributed by atoms with Crippen LogP contribution in [0.25, 0.3) is 0 Å². The van der Waals surface area contributed by atoms with Crippen LogP contribution in [-0.2, 0) is 19.1 Å². The van der Waals surface area contributed by atoms with Gasteiger partial charge < -0.3 is 9.47 Å². The summed E-state index contributed by atoms with van der Waals surface area (Å²) < 4.78 is 11.1. The standard InChI is InChI=1S/C22H34Cl2O4/c1-3-5-7-9-11-13-15-27-21-17(23)19(25)18(24)22(20(21)26)28-16-14-12-10-8-6-4-2/h3-16H2,1-2H3. The molecule has 0 N–H and O–H groups in total. The first kappa shape index (κ1) is 25.0. The Balaban J connectivity index is 2.46. The topological polar surface area (TPSA) is 52.6 Å². The minimum atomic E-state index is -0.612. The van der Waals surface area contributed by atoms with Gasteiger partial charge in [-0.05, 0) is 12.8 Å². The molecule has 160 valence electrons. The first-order chi connectivity index (χ1) is 13.5. The summed E-state index contributed by atoms with van der Waals surface area (Å²) in [6.07, 6.45) is 13.2. The maximum Gasteiger partial charge on any atom is 0.265 e. The number of unbranched alkanes of at least 4 members (excludes halogenated alkanes) is 10. The molecule has 0 aromatic carbocycles. The molecule has 0 amide bonds. The largest absolute Gasteiger partial charge is 0.488 e. The van der Waals surface area contributed by atoms with Crippen LogP contribution in [0.5, 0.6) is 0 Å². The van der Waals surface area contributed by atoms with Gasteiger partial charge in [-0.25, -0.2) is 0 Å². The maximum atomic E-state index is 12.6. The molecule has 0 radical (unpaired) electrons. The van der Waals surface area contributed by atoms with Crippen LogP contribution in [0, 0.1) is 0 Å². The third-order valence-corrected chi connectivity index (χ3v) is 5.39. The summed E-state index contributed by atoms with van der Waals surface area (Å²) in [5.41, 5.74) is 0. The summed E-state index contributed by atoms with van der Waals surface area (Å²) in [5.74, 6) is -1.42. The van der Waals surface area contributed by atoms with Crippen molar-refractivity contribution >= 4 is 34.8 Å². The van der Waals surface area contributed by atoms with Gasteiger partial charge in [-0.2, -0.15) is 0 Å². The number of rotatable bonds is 16. The van der Waals surface area contributed by atoms with E-state index < -0.39 is 11.6 Å². The molecule has 0 aliphatic heterocycles. The van der Waals surface area contributed by atoms with Gasteiger partial charge in [-0.3, -0.25) is 9.59 Å². The number of carbonyl (C=O) groups excluding carboxylic acids is 2. The number of halogens is 2. The lowest BCUT2D eigenvalue weighted by Gasteiger charge is -2.19. The van der Waals surface area contributed by atoms with Gasteiger partial charge in [-0.15, -0.1) is 0 Å². The molecule has 0 atom stereocenters. The van der Waals surface area contributed by atoms with Crippen molar-refractivity contribution in [2.75, 3.05) is 13.2 Å². The van der Waals surface area contributed by atoms with Gasteiger partial charge in [0.2, 0.25) is 5.78 Å². The molecule has 0 bridgehead atoms. The van der Waals surface area contributed by atoms with Crippen molar-refractivity contribution in [2.24, 2.45) is 0 Å². The highest BCUT2D eigenvalue weighted by atomic mass is 35.5. The molecule has 0 aromatic heterocycles. The molecule has 0 spiro atoms. The van der Waals surface area contributed by atoms with E-state index >= 15 is 0 Å². The van der Waals surface area contributed by atoms with Gasteiger partial charge in [0, 0.05) is 0 Å². The second-order valence-corrected chi connectivity index (χ2v) is 7.93. The smallest absolute Gasteiger partial charge is 0.265 e. The summed E-state index contributed by atoms with van der Waals surface area (Å²) in [6.45, 7) is 5.04. The molecule has 1 aliphatic carbocycles. The molecule has 0 saturated heterocycles. The van der Waals surface area contributed by atoms with Gasteiger partial charge >= 0.3 is 0 Å². The van der Waals surface area contributed by atoms with Crippen molar-refractivity contribution < 1.29 is 19.1 Å². The lowest BCUT2D eigenvalue weighted by Crippen LogP contribution is -2.24. The summed E-state index contributed by atoms with van der Waals surface area (Å²) in [4.78, 5) is 24.8. The van der Waals surface area contributed by atoms with Gasteiger partial charge in [0.1, 0.15) is 10.1 Å². The summed E-state index contributed by atoms with van der Waals surface area (Å²) in [7, 11) is 0. The number of Topliss-reactive ketones (excluding diaryl/α,β-unsaturated/α-hetero) is 2. The molecule has 0 heterocycles. The van der Waals surface area contributed by atoms with Crippen molar-refractivity contribution in [3.8, 4) is 0 Å². The van der Waals surface area contributed by atoms with E-state index in [1.165, 1.54) is 38.5 Å². The molecule has 0 aromatic rings. The fraction of sp³-hybridized carbons (Fsp3) is 0.727. The fourth-order valence-corrected chi connectivity index (χ4v) is 3.49. The monoisotopic (exact) mass is 432 g/mol. The Morgan fingerprint density at radius 2 is 0.929 bits per heavy atom. The van der Waals surface area contributed by atoms with E-state index in [4.69, 9.17) is 32.7 Å². The average Bonchev–Trinajstić information content (AvgIpc) is 2.69. The molecule has 0 unspecified atom stereocenters. The predicted octanol–water partition coefficient (Wildman–Crippen LogP) is 6.79. The Morgan fingerprint density at radius 1 is 0.571 bits per heavy atom. The van der Waals surface area contributed by atoms with Crippen molar-refractivity contribution in [2.45, 2.75) is 90.9 Å². The second-order valence-electron chi connectivity index (χ2n) is 7.18. The van der Waals surface area contributed by atoms with E-state index in [0.717, 1.165) is 38.5 Å². The average molecular weight is 433 g/mol. The lowest BCUT2D eigenvalue weighted by atomic mass is 10.1. The fourth-order valence-electron chi connectivity index (χ4n) is 2.98. The number of ketones is 2. The highest BCUT2D eigenvalue weighted by molar-refractivity contribution is 6.58. The van der Waals surface area contributed by atoms with Crippen molar-refractivity contribution in [3.63, 3.8) is 0 Å². The van der Waals surface area contributed by atoms with Gasteiger partial charge in [-0.1, -0.05) is 101 Å². The molecule has 4 nitrogen and oxygen atoms in total. The Morgan fingerprint density at radius 3 is 1.32 bits per heavy atom. The first-order valence-corrected chi connectivity index (χ1v) is 11.4. The summed E-state index contributed by atoms with van der Waals surface area (Å²) in [5, 5.41) is -0.513. The first-order valence-electron chi connectivity index (χ1n) is 10.7. The van der Waals surface area contributed by atoms with Crippen LogP contribution >= 0.6 is 23.2 Å². The number of hydrogen-bond donors (Lipinski definition) is 0. The molecule has 1 rings (SSSR count). The zero-order valence-electron chi connectivity index (χ0n) is 17.3. The van der Waals surface area contributed by atoms with Crippen LogP contribution in [0.4, 0.5) is 0 Å². The van der Waals surface area contributed by atoms with Crippen LogP contribution in [-0.4, -0.2) is 24.8 Å². The summed E-state index contributed by atoms with van der Waals surface area (Å²) in [6, 6.07) is 0. The third kappa shape index (κ3) is 8.57. The second kappa shape index (κ2) is 14.9.